The molecule has 0 heterocycles. The molecule has 0 saturated heterocycles. The van der Waals surface area contributed by atoms with E-state index in [2.05, 4.69) is 13.8 Å². The summed E-state index contributed by atoms with van der Waals surface area (Å²) in [5.41, 5.74) is 0. The summed E-state index contributed by atoms with van der Waals surface area (Å²) in [6, 6.07) is 0. The Labute approximate surface area is 69.2 Å². The molecule has 64 valence electrons. The highest BCUT2D eigenvalue weighted by molar-refractivity contribution is 5.85. The van der Waals surface area contributed by atoms with E-state index in [-0.39, 0.29) is 0 Å². The van der Waals surface area contributed by atoms with E-state index in [9.17, 15) is 4.79 Å². The third kappa shape index (κ3) is 1.82. The molecule has 0 bridgehead atoms. The van der Waals surface area contributed by atoms with Crippen LogP contribution < -0.4 is 0 Å². The number of Topliss-reactive ketones (excluding diaryl/α,β-unsaturated/α-hetero) is 1. The van der Waals surface area contributed by atoms with Crippen molar-refractivity contribution in [2.24, 2.45) is 11.8 Å². The number of ketones is 1. The molecule has 1 rings (SSSR count). The van der Waals surface area contributed by atoms with Gasteiger partial charge in [-0.05, 0) is 25.7 Å². The molecule has 1 nitrogen and oxygen atoms in total. The maximum Gasteiger partial charge on any atom is 0.139 e. The summed E-state index contributed by atoms with van der Waals surface area (Å²) in [5.74, 6) is 1.38. The molecule has 0 N–H and O–H groups in total. The molecule has 0 aromatic carbocycles. The number of hydrogen-bond donors (Lipinski definition) is 0. The van der Waals surface area contributed by atoms with Crippen molar-refractivity contribution in [1.82, 2.24) is 0 Å². The second kappa shape index (κ2) is 3.89. The van der Waals surface area contributed by atoms with Crippen molar-refractivity contribution in [3.8, 4) is 0 Å². The minimum absolute atomic E-state index is 0.409. The molecule has 1 heteroatoms. The predicted octanol–water partition coefficient (Wildman–Crippen LogP) is 2.79. The van der Waals surface area contributed by atoms with Crippen LogP contribution in [0.1, 0.15) is 46.0 Å². The Morgan fingerprint density at radius 1 is 1.27 bits per heavy atom. The molecule has 0 aliphatic heterocycles. The van der Waals surface area contributed by atoms with E-state index >= 15 is 0 Å². The van der Waals surface area contributed by atoms with E-state index in [1.165, 1.54) is 0 Å². The third-order valence-corrected chi connectivity index (χ3v) is 2.80. The number of carbonyl (C=O) groups excluding carboxylic acids is 1. The minimum Gasteiger partial charge on any atom is -0.299 e. The number of hydrogen-bond acceptors (Lipinski definition) is 1. The fourth-order valence-electron chi connectivity index (χ4n) is 2.06. The zero-order chi connectivity index (χ0) is 8.27. The summed E-state index contributed by atoms with van der Waals surface area (Å²) < 4.78 is 0. The largest absolute Gasteiger partial charge is 0.299 e. The van der Waals surface area contributed by atoms with E-state index in [1.54, 1.807) is 0 Å². The summed E-state index contributed by atoms with van der Waals surface area (Å²) in [7, 11) is 0. The Morgan fingerprint density at radius 3 is 2.36 bits per heavy atom. The monoisotopic (exact) mass is 154 g/mol. The normalized spacial score (nSPS) is 31.3. The average molecular weight is 154 g/mol. The first-order chi connectivity index (χ1) is 5.29. The van der Waals surface area contributed by atoms with Gasteiger partial charge in [0.1, 0.15) is 5.78 Å². The Hall–Kier alpha value is -0.330. The van der Waals surface area contributed by atoms with Gasteiger partial charge in [-0.25, -0.2) is 0 Å². The van der Waals surface area contributed by atoms with Crippen molar-refractivity contribution in [1.29, 1.82) is 0 Å². The highest BCUT2D eigenvalue weighted by Gasteiger charge is 2.31. The van der Waals surface area contributed by atoms with Gasteiger partial charge in [0, 0.05) is 11.8 Å². The number of rotatable bonds is 3. The van der Waals surface area contributed by atoms with E-state index in [1.807, 2.05) is 0 Å². The van der Waals surface area contributed by atoms with Crippen LogP contribution in [-0.2, 0) is 4.79 Å². The van der Waals surface area contributed by atoms with E-state index < -0.39 is 0 Å². The van der Waals surface area contributed by atoms with Crippen LogP contribution in [0.4, 0.5) is 0 Å². The lowest BCUT2D eigenvalue weighted by molar-refractivity contribution is -0.124. The average Bonchev–Trinajstić information content (AvgIpc) is 2.34. The maximum absolute atomic E-state index is 11.5. The van der Waals surface area contributed by atoms with Crippen molar-refractivity contribution in [2.75, 3.05) is 0 Å². The molecule has 2 unspecified atom stereocenters. The predicted molar refractivity (Wildman–Crippen MR) is 46.4 cm³/mol. The van der Waals surface area contributed by atoms with Crippen LogP contribution in [-0.4, -0.2) is 5.78 Å². The SMILES string of the molecule is CCCC1CCC(CC)C1=O. The summed E-state index contributed by atoms with van der Waals surface area (Å²) >= 11 is 0. The van der Waals surface area contributed by atoms with Crippen molar-refractivity contribution >= 4 is 5.78 Å². The second-order valence-corrected chi connectivity index (χ2v) is 3.57. The van der Waals surface area contributed by atoms with Crippen LogP contribution in [0, 0.1) is 11.8 Å². The Balaban J connectivity index is 2.42. The summed E-state index contributed by atoms with van der Waals surface area (Å²) in [6.45, 7) is 4.28. The van der Waals surface area contributed by atoms with Gasteiger partial charge in [0.25, 0.3) is 0 Å². The van der Waals surface area contributed by atoms with E-state index in [0.29, 0.717) is 17.6 Å². The van der Waals surface area contributed by atoms with Crippen molar-refractivity contribution in [3.63, 3.8) is 0 Å². The fourth-order valence-corrected chi connectivity index (χ4v) is 2.06. The Bertz CT molecular complexity index is 140. The molecule has 1 aliphatic carbocycles. The molecule has 11 heavy (non-hydrogen) atoms. The van der Waals surface area contributed by atoms with Crippen LogP contribution in [0.3, 0.4) is 0 Å². The molecule has 1 saturated carbocycles. The van der Waals surface area contributed by atoms with Gasteiger partial charge in [0.15, 0.2) is 0 Å². The fraction of sp³-hybridized carbons (Fsp3) is 0.900. The van der Waals surface area contributed by atoms with Crippen LogP contribution >= 0.6 is 0 Å². The molecular weight excluding hydrogens is 136 g/mol. The lowest BCUT2D eigenvalue weighted by Gasteiger charge is -2.06. The molecule has 0 aromatic heterocycles. The van der Waals surface area contributed by atoms with Crippen LogP contribution in [0.15, 0.2) is 0 Å². The topological polar surface area (TPSA) is 17.1 Å². The Kier molecular flexibility index (Phi) is 3.10. The highest BCUT2D eigenvalue weighted by atomic mass is 16.1. The summed E-state index contributed by atoms with van der Waals surface area (Å²) in [4.78, 5) is 11.5. The van der Waals surface area contributed by atoms with Gasteiger partial charge >= 0.3 is 0 Å². The van der Waals surface area contributed by atoms with Gasteiger partial charge < -0.3 is 0 Å². The molecule has 2 atom stereocenters. The number of carbonyl (C=O) groups is 1. The van der Waals surface area contributed by atoms with Gasteiger partial charge in [-0.3, -0.25) is 4.79 Å². The van der Waals surface area contributed by atoms with Crippen molar-refractivity contribution in [2.45, 2.75) is 46.0 Å². The standard InChI is InChI=1S/C10H18O/c1-3-5-9-7-6-8(4-2)10(9)11/h8-9H,3-7H2,1-2H3. The molecule has 0 spiro atoms. The second-order valence-electron chi connectivity index (χ2n) is 3.57. The smallest absolute Gasteiger partial charge is 0.139 e. The summed E-state index contributed by atoms with van der Waals surface area (Å²) in [6.07, 6.45) is 5.65. The molecular formula is C10H18O. The zero-order valence-electron chi connectivity index (χ0n) is 7.60. The van der Waals surface area contributed by atoms with Gasteiger partial charge in [0.2, 0.25) is 0 Å². The summed E-state index contributed by atoms with van der Waals surface area (Å²) in [5, 5.41) is 0. The van der Waals surface area contributed by atoms with Crippen LogP contribution in [0.2, 0.25) is 0 Å². The van der Waals surface area contributed by atoms with Gasteiger partial charge in [-0.2, -0.15) is 0 Å². The zero-order valence-corrected chi connectivity index (χ0v) is 7.60. The highest BCUT2D eigenvalue weighted by Crippen LogP contribution is 2.31. The van der Waals surface area contributed by atoms with Gasteiger partial charge in [0.05, 0.1) is 0 Å². The van der Waals surface area contributed by atoms with Gasteiger partial charge in [-0.1, -0.05) is 20.3 Å². The third-order valence-electron chi connectivity index (χ3n) is 2.80. The molecule has 0 amide bonds. The van der Waals surface area contributed by atoms with Gasteiger partial charge in [-0.15, -0.1) is 0 Å². The first-order valence-corrected chi connectivity index (χ1v) is 4.83. The van der Waals surface area contributed by atoms with Crippen molar-refractivity contribution in [3.05, 3.63) is 0 Å². The van der Waals surface area contributed by atoms with E-state index in [4.69, 9.17) is 0 Å². The first kappa shape index (κ1) is 8.76. The lowest BCUT2D eigenvalue weighted by Crippen LogP contribution is -2.12. The molecule has 0 radical (unpaired) electrons. The molecule has 1 fully saturated rings. The minimum atomic E-state index is 0.409. The van der Waals surface area contributed by atoms with Crippen molar-refractivity contribution < 1.29 is 4.79 Å². The van der Waals surface area contributed by atoms with Crippen LogP contribution in [0.5, 0.6) is 0 Å². The molecule has 1 aliphatic rings. The lowest BCUT2D eigenvalue weighted by atomic mass is 9.97. The van der Waals surface area contributed by atoms with E-state index in [0.717, 1.165) is 32.1 Å². The molecule has 0 aromatic rings. The Morgan fingerprint density at radius 2 is 1.91 bits per heavy atom. The first-order valence-electron chi connectivity index (χ1n) is 4.83. The maximum atomic E-state index is 11.5. The quantitative estimate of drug-likeness (QED) is 0.611. The van der Waals surface area contributed by atoms with Crippen LogP contribution in [0.25, 0.3) is 0 Å².